The summed E-state index contributed by atoms with van der Waals surface area (Å²) in [4.78, 5) is 0. The highest BCUT2D eigenvalue weighted by Gasteiger charge is 2.36. The third kappa shape index (κ3) is 4.49. The van der Waals surface area contributed by atoms with Gasteiger partial charge in [-0.15, -0.1) is 0 Å². The monoisotopic (exact) mass is 182 g/mol. The van der Waals surface area contributed by atoms with Crippen LogP contribution in [-0.2, 0) is 10.1 Å². The van der Waals surface area contributed by atoms with Crippen LogP contribution in [0.5, 0.6) is 0 Å². The molecular formula is CHF3O5S-2. The molecule has 0 rings (SSSR count). The van der Waals surface area contributed by atoms with Crippen LogP contribution in [0.25, 0.3) is 0 Å². The zero-order valence-electron chi connectivity index (χ0n) is 4.12. The van der Waals surface area contributed by atoms with Crippen LogP contribution in [0.3, 0.4) is 0 Å². The second-order valence-electron chi connectivity index (χ2n) is 0.900. The van der Waals surface area contributed by atoms with Crippen molar-refractivity contribution in [3.8, 4) is 0 Å². The third-order valence-corrected chi connectivity index (χ3v) is 0.850. The van der Waals surface area contributed by atoms with E-state index in [0.717, 1.165) is 0 Å². The van der Waals surface area contributed by atoms with E-state index in [1.54, 1.807) is 0 Å². The minimum absolute atomic E-state index is 5.65. The Bertz CT molecular complexity index is 166. The van der Waals surface area contributed by atoms with Crippen molar-refractivity contribution in [2.45, 2.75) is 5.51 Å². The van der Waals surface area contributed by atoms with Crippen LogP contribution in [-0.4, -0.2) is 23.7 Å². The Hall–Kier alpha value is -0.380. The normalized spacial score (nSPS) is 11.8. The molecule has 0 saturated heterocycles. The summed E-state index contributed by atoms with van der Waals surface area (Å²) in [5.74, 6) is 0. The molecule has 0 atom stereocenters. The fraction of sp³-hybridized carbons (Fsp3) is 1.00. The van der Waals surface area contributed by atoms with Crippen molar-refractivity contribution in [2.75, 3.05) is 0 Å². The molecule has 1 N–H and O–H groups in total. The molecule has 0 unspecified atom stereocenters. The molecule has 0 fully saturated rings. The van der Waals surface area contributed by atoms with E-state index in [0.29, 0.717) is 0 Å². The molecule has 10 heavy (non-hydrogen) atoms. The predicted octanol–water partition coefficient (Wildman–Crippen LogP) is -1.13. The molecule has 0 radical (unpaired) electrons. The lowest BCUT2D eigenvalue weighted by molar-refractivity contribution is -0.670. The molecule has 0 saturated carbocycles. The van der Waals surface area contributed by atoms with Gasteiger partial charge in [0.05, 0.1) is 0 Å². The Morgan fingerprint density at radius 1 is 1.20 bits per heavy atom. The molecule has 0 aromatic rings. The van der Waals surface area contributed by atoms with Gasteiger partial charge in [0.1, 0.15) is 0 Å². The molecule has 0 spiro atoms. The SMILES string of the molecule is O=S(=O)([O-])C(F)(F)F.[O-]O. The first-order valence-electron chi connectivity index (χ1n) is 1.45. The van der Waals surface area contributed by atoms with Gasteiger partial charge in [0.2, 0.25) is 0 Å². The summed E-state index contributed by atoms with van der Waals surface area (Å²) in [7, 11) is -6.09. The Morgan fingerprint density at radius 2 is 1.30 bits per heavy atom. The lowest BCUT2D eigenvalue weighted by Gasteiger charge is -2.08. The molecule has 0 heterocycles. The molecule has 64 valence electrons. The fourth-order valence-corrected chi connectivity index (χ4v) is 0. The van der Waals surface area contributed by atoms with Crippen molar-refractivity contribution >= 4 is 10.1 Å². The van der Waals surface area contributed by atoms with E-state index in [1.165, 1.54) is 0 Å². The van der Waals surface area contributed by atoms with Gasteiger partial charge in [0, 0.05) is 0 Å². The highest BCUT2D eigenvalue weighted by Crippen LogP contribution is 2.20. The van der Waals surface area contributed by atoms with E-state index >= 15 is 0 Å². The molecule has 0 aliphatic heterocycles. The van der Waals surface area contributed by atoms with Gasteiger partial charge >= 0.3 is 5.51 Å². The number of hydrogen-bond acceptors (Lipinski definition) is 5. The van der Waals surface area contributed by atoms with Gasteiger partial charge in [0.15, 0.2) is 10.1 Å². The summed E-state index contributed by atoms with van der Waals surface area (Å²) in [6.07, 6.45) is 0. The highest BCUT2D eigenvalue weighted by atomic mass is 32.2. The van der Waals surface area contributed by atoms with Crippen LogP contribution >= 0.6 is 0 Å². The van der Waals surface area contributed by atoms with E-state index in [-0.39, 0.29) is 0 Å². The maximum atomic E-state index is 10.7. The molecular weight excluding hydrogens is 181 g/mol. The zero-order valence-corrected chi connectivity index (χ0v) is 4.94. The summed E-state index contributed by atoms with van der Waals surface area (Å²) in [5.41, 5.74) is -5.65. The lowest BCUT2D eigenvalue weighted by atomic mass is 11.6. The predicted molar refractivity (Wildman–Crippen MR) is 18.4 cm³/mol. The van der Waals surface area contributed by atoms with Gasteiger partial charge in [-0.3, -0.25) is 0 Å². The van der Waals surface area contributed by atoms with Gasteiger partial charge in [-0.1, -0.05) is 0 Å². The summed E-state index contributed by atoms with van der Waals surface area (Å²) >= 11 is 0. The Balaban J connectivity index is 0. The third-order valence-electron chi connectivity index (χ3n) is 0.283. The second-order valence-corrected chi connectivity index (χ2v) is 2.27. The van der Waals surface area contributed by atoms with E-state index in [4.69, 9.17) is 23.5 Å². The first-order chi connectivity index (χ1) is 4.25. The van der Waals surface area contributed by atoms with Crippen molar-refractivity contribution < 1.29 is 36.7 Å². The largest absolute Gasteiger partial charge is 0.741 e. The van der Waals surface area contributed by atoms with Crippen molar-refractivity contribution in [1.29, 1.82) is 0 Å². The van der Waals surface area contributed by atoms with Gasteiger partial charge in [-0.25, -0.2) is 8.42 Å². The van der Waals surface area contributed by atoms with Gasteiger partial charge in [0.25, 0.3) is 0 Å². The molecule has 0 amide bonds. The van der Waals surface area contributed by atoms with Crippen molar-refractivity contribution in [3.05, 3.63) is 0 Å². The van der Waals surface area contributed by atoms with E-state index < -0.39 is 15.6 Å². The van der Waals surface area contributed by atoms with Crippen molar-refractivity contribution in [2.24, 2.45) is 0 Å². The van der Waals surface area contributed by atoms with Gasteiger partial charge in [-0.05, 0) is 0 Å². The maximum absolute atomic E-state index is 10.7. The van der Waals surface area contributed by atoms with E-state index in [9.17, 15) is 13.2 Å². The zero-order chi connectivity index (χ0) is 9.00. The second kappa shape index (κ2) is 3.71. The summed E-state index contributed by atoms with van der Waals surface area (Å²) < 4.78 is 58.9. The smallest absolute Gasteiger partial charge is 0.485 e. The summed E-state index contributed by atoms with van der Waals surface area (Å²) in [6, 6.07) is 0. The average Bonchev–Trinajstić information content (AvgIpc) is 1.66. The highest BCUT2D eigenvalue weighted by molar-refractivity contribution is 7.86. The van der Waals surface area contributed by atoms with Crippen molar-refractivity contribution in [1.82, 2.24) is 0 Å². The standard InChI is InChI=1S/CHF3O3S.H2O2/c2-1(3,4)8(5,6)7;1-2/h(H,5,6,7);1-2H/p-2. The van der Waals surface area contributed by atoms with Crippen molar-refractivity contribution in [3.63, 3.8) is 0 Å². The Labute approximate surface area is 53.4 Å². The first-order valence-corrected chi connectivity index (χ1v) is 2.86. The molecule has 0 bridgehead atoms. The van der Waals surface area contributed by atoms with Crippen LogP contribution in [0.4, 0.5) is 13.2 Å². The van der Waals surface area contributed by atoms with Crippen LogP contribution in [0.15, 0.2) is 0 Å². The Kier molecular flexibility index (Phi) is 4.56. The molecule has 0 aromatic heterocycles. The lowest BCUT2D eigenvalue weighted by Crippen LogP contribution is -2.21. The molecule has 0 aliphatic rings. The van der Waals surface area contributed by atoms with E-state index in [2.05, 4.69) is 0 Å². The molecule has 9 heteroatoms. The molecule has 0 aliphatic carbocycles. The summed E-state index contributed by atoms with van der Waals surface area (Å²) in [5, 5.41) is 13.0. The minimum Gasteiger partial charge on any atom is -0.741 e. The Morgan fingerprint density at radius 3 is 1.30 bits per heavy atom. The number of alkyl halides is 3. The van der Waals surface area contributed by atoms with Gasteiger partial charge < -0.3 is 15.1 Å². The van der Waals surface area contributed by atoms with Crippen LogP contribution in [0.1, 0.15) is 0 Å². The number of hydrogen-bond donors (Lipinski definition) is 1. The van der Waals surface area contributed by atoms with Gasteiger partial charge in [-0.2, -0.15) is 13.2 Å². The van der Waals surface area contributed by atoms with Crippen LogP contribution < -0.4 is 5.26 Å². The fourth-order valence-electron chi connectivity index (χ4n) is 0. The van der Waals surface area contributed by atoms with Crippen LogP contribution in [0, 0.1) is 0 Å². The van der Waals surface area contributed by atoms with E-state index in [1.807, 2.05) is 0 Å². The topological polar surface area (TPSA) is 100 Å². The average molecular weight is 182 g/mol. The molecule has 5 nitrogen and oxygen atoms in total. The quantitative estimate of drug-likeness (QED) is 0.221. The first kappa shape index (κ1) is 12.3. The molecule has 0 aromatic carbocycles. The maximum Gasteiger partial charge on any atom is 0.485 e. The number of rotatable bonds is 0. The minimum atomic E-state index is -6.09. The summed E-state index contributed by atoms with van der Waals surface area (Å²) in [6.45, 7) is 0. The number of halogens is 3. The van der Waals surface area contributed by atoms with Crippen LogP contribution in [0.2, 0.25) is 0 Å².